The molecule has 0 aliphatic rings. The fourth-order valence-electron chi connectivity index (χ4n) is 3.10. The summed E-state index contributed by atoms with van der Waals surface area (Å²) in [5.41, 5.74) is 3.52. The smallest absolute Gasteiger partial charge is 0.314 e. The molecule has 4 rings (SSSR count). The van der Waals surface area contributed by atoms with Crippen LogP contribution in [0, 0.1) is 12.7 Å². The molecule has 0 spiro atoms. The molecule has 3 N–H and O–H groups in total. The predicted molar refractivity (Wildman–Crippen MR) is 120 cm³/mol. The summed E-state index contributed by atoms with van der Waals surface area (Å²) in [6.07, 6.45) is 3.24. The van der Waals surface area contributed by atoms with E-state index in [1.807, 2.05) is 19.1 Å². The molecule has 0 bridgehead atoms. The zero-order valence-electron chi connectivity index (χ0n) is 16.6. The highest BCUT2D eigenvalue weighted by molar-refractivity contribution is 6.44. The standard InChI is InChI=1S/C24H19FN4O2/c1-15-2-6-18(7-3-15)28-23(30)24(31)29-22-11-10-21(19-12-13-26-14-20(19)22)27-17-8-4-16(25)5-9-17/h2-14,27H,1H3,(H,28,30)(H,29,31). The van der Waals surface area contributed by atoms with Gasteiger partial charge in [-0.3, -0.25) is 14.6 Å². The molecule has 0 saturated heterocycles. The van der Waals surface area contributed by atoms with Gasteiger partial charge in [0.15, 0.2) is 0 Å². The van der Waals surface area contributed by atoms with E-state index >= 15 is 0 Å². The molecule has 31 heavy (non-hydrogen) atoms. The summed E-state index contributed by atoms with van der Waals surface area (Å²) >= 11 is 0. The minimum Gasteiger partial charge on any atom is -0.355 e. The molecule has 0 fully saturated rings. The number of nitrogens with one attached hydrogen (secondary N) is 3. The van der Waals surface area contributed by atoms with Crippen LogP contribution in [0.5, 0.6) is 0 Å². The number of nitrogens with zero attached hydrogens (tertiary/aromatic N) is 1. The molecule has 0 aliphatic heterocycles. The number of hydrogen-bond donors (Lipinski definition) is 3. The van der Waals surface area contributed by atoms with Gasteiger partial charge in [0, 0.05) is 40.2 Å². The number of amides is 2. The van der Waals surface area contributed by atoms with Crippen LogP contribution in [0.25, 0.3) is 10.8 Å². The van der Waals surface area contributed by atoms with Crippen LogP contribution in [-0.2, 0) is 9.59 Å². The minimum absolute atomic E-state index is 0.318. The van der Waals surface area contributed by atoms with Crippen LogP contribution in [0.15, 0.2) is 79.1 Å². The molecule has 0 saturated carbocycles. The lowest BCUT2D eigenvalue weighted by molar-refractivity contribution is -0.132. The third kappa shape index (κ3) is 4.67. The summed E-state index contributed by atoms with van der Waals surface area (Å²) in [7, 11) is 0. The number of aryl methyl sites for hydroxylation is 1. The monoisotopic (exact) mass is 414 g/mol. The Balaban J connectivity index is 1.55. The van der Waals surface area contributed by atoms with Gasteiger partial charge >= 0.3 is 11.8 Å². The molecule has 0 unspecified atom stereocenters. The van der Waals surface area contributed by atoms with E-state index in [9.17, 15) is 14.0 Å². The quantitative estimate of drug-likeness (QED) is 0.410. The van der Waals surface area contributed by atoms with Crippen LogP contribution in [0.2, 0.25) is 0 Å². The van der Waals surface area contributed by atoms with E-state index in [1.54, 1.807) is 54.9 Å². The molecule has 0 radical (unpaired) electrons. The van der Waals surface area contributed by atoms with Crippen LogP contribution in [0.4, 0.5) is 27.1 Å². The Morgan fingerprint density at radius 2 is 1.39 bits per heavy atom. The van der Waals surface area contributed by atoms with Crippen molar-refractivity contribution in [3.8, 4) is 0 Å². The summed E-state index contributed by atoms with van der Waals surface area (Å²) in [4.78, 5) is 28.9. The average molecular weight is 414 g/mol. The zero-order chi connectivity index (χ0) is 21.8. The van der Waals surface area contributed by atoms with Crippen molar-refractivity contribution in [1.29, 1.82) is 0 Å². The van der Waals surface area contributed by atoms with Crippen molar-refractivity contribution in [1.82, 2.24) is 4.98 Å². The number of fused-ring (bicyclic) bond motifs is 1. The molecule has 2 amide bonds. The van der Waals surface area contributed by atoms with E-state index in [2.05, 4.69) is 20.9 Å². The maximum atomic E-state index is 13.2. The van der Waals surface area contributed by atoms with Crippen molar-refractivity contribution in [3.05, 3.63) is 90.5 Å². The number of rotatable bonds is 4. The fraction of sp³-hybridized carbons (Fsp3) is 0.0417. The van der Waals surface area contributed by atoms with Crippen LogP contribution < -0.4 is 16.0 Å². The van der Waals surface area contributed by atoms with Crippen molar-refractivity contribution in [2.75, 3.05) is 16.0 Å². The van der Waals surface area contributed by atoms with E-state index < -0.39 is 11.8 Å². The SMILES string of the molecule is Cc1ccc(NC(=O)C(=O)Nc2ccc(Nc3ccc(F)cc3)c3ccncc23)cc1. The highest BCUT2D eigenvalue weighted by Crippen LogP contribution is 2.31. The Labute approximate surface area is 178 Å². The molecule has 0 atom stereocenters. The maximum absolute atomic E-state index is 13.2. The van der Waals surface area contributed by atoms with Gasteiger partial charge in [-0.1, -0.05) is 17.7 Å². The van der Waals surface area contributed by atoms with Gasteiger partial charge in [-0.15, -0.1) is 0 Å². The minimum atomic E-state index is -0.787. The second-order valence-electron chi connectivity index (χ2n) is 6.99. The van der Waals surface area contributed by atoms with Crippen molar-refractivity contribution >= 4 is 45.3 Å². The van der Waals surface area contributed by atoms with Gasteiger partial charge in [0.25, 0.3) is 0 Å². The Hall–Kier alpha value is -4.26. The topological polar surface area (TPSA) is 83.1 Å². The zero-order valence-corrected chi connectivity index (χ0v) is 16.6. The van der Waals surface area contributed by atoms with Crippen molar-refractivity contribution in [2.24, 2.45) is 0 Å². The first kappa shape index (κ1) is 20.0. The normalized spacial score (nSPS) is 10.5. The first-order chi connectivity index (χ1) is 15.0. The molecule has 1 heterocycles. The summed E-state index contributed by atoms with van der Waals surface area (Å²) in [6.45, 7) is 1.94. The van der Waals surface area contributed by atoms with Crippen LogP contribution in [-0.4, -0.2) is 16.8 Å². The molecule has 1 aromatic heterocycles. The number of anilines is 4. The largest absolute Gasteiger partial charge is 0.355 e. The molecule has 0 aliphatic carbocycles. The van der Waals surface area contributed by atoms with Gasteiger partial charge in [0.2, 0.25) is 0 Å². The van der Waals surface area contributed by atoms with E-state index in [4.69, 9.17) is 0 Å². The summed E-state index contributed by atoms with van der Waals surface area (Å²) in [5, 5.41) is 9.90. The number of carbonyl (C=O) groups excluding carboxylic acids is 2. The Morgan fingerprint density at radius 1 is 0.742 bits per heavy atom. The number of pyridine rings is 1. The predicted octanol–water partition coefficient (Wildman–Crippen LogP) is 5.00. The second-order valence-corrected chi connectivity index (χ2v) is 6.99. The van der Waals surface area contributed by atoms with Crippen LogP contribution in [0.1, 0.15) is 5.56 Å². The number of halogens is 1. The lowest BCUT2D eigenvalue weighted by Gasteiger charge is -2.14. The lowest BCUT2D eigenvalue weighted by Crippen LogP contribution is -2.29. The number of aromatic nitrogens is 1. The summed E-state index contributed by atoms with van der Waals surface area (Å²) < 4.78 is 13.2. The van der Waals surface area contributed by atoms with E-state index in [0.717, 1.165) is 16.6 Å². The molecule has 154 valence electrons. The van der Waals surface area contributed by atoms with Gasteiger partial charge in [0.1, 0.15) is 5.82 Å². The summed E-state index contributed by atoms with van der Waals surface area (Å²) in [6, 6.07) is 18.4. The fourth-order valence-corrected chi connectivity index (χ4v) is 3.10. The third-order valence-electron chi connectivity index (χ3n) is 4.71. The van der Waals surface area contributed by atoms with E-state index in [0.29, 0.717) is 22.4 Å². The average Bonchev–Trinajstić information content (AvgIpc) is 2.78. The molecular weight excluding hydrogens is 395 g/mol. The molecule has 7 heteroatoms. The first-order valence-electron chi connectivity index (χ1n) is 9.58. The van der Waals surface area contributed by atoms with Gasteiger partial charge in [-0.05, 0) is 61.5 Å². The van der Waals surface area contributed by atoms with Gasteiger partial charge in [0.05, 0.1) is 5.69 Å². The van der Waals surface area contributed by atoms with Gasteiger partial charge in [-0.25, -0.2) is 4.39 Å². The van der Waals surface area contributed by atoms with Crippen LogP contribution >= 0.6 is 0 Å². The second kappa shape index (κ2) is 8.62. The highest BCUT2D eigenvalue weighted by atomic mass is 19.1. The maximum Gasteiger partial charge on any atom is 0.314 e. The molecule has 3 aromatic carbocycles. The Bertz CT molecular complexity index is 1260. The van der Waals surface area contributed by atoms with Crippen LogP contribution in [0.3, 0.4) is 0 Å². The number of hydrogen-bond acceptors (Lipinski definition) is 4. The highest BCUT2D eigenvalue weighted by Gasteiger charge is 2.16. The molecule has 4 aromatic rings. The van der Waals surface area contributed by atoms with Crippen molar-refractivity contribution in [3.63, 3.8) is 0 Å². The van der Waals surface area contributed by atoms with Gasteiger partial charge in [-0.2, -0.15) is 0 Å². The van der Waals surface area contributed by atoms with E-state index in [1.165, 1.54) is 12.1 Å². The van der Waals surface area contributed by atoms with E-state index in [-0.39, 0.29) is 5.82 Å². The number of benzene rings is 3. The van der Waals surface area contributed by atoms with Crippen molar-refractivity contribution in [2.45, 2.75) is 6.92 Å². The Morgan fingerprint density at radius 3 is 2.13 bits per heavy atom. The van der Waals surface area contributed by atoms with Gasteiger partial charge < -0.3 is 16.0 Å². The lowest BCUT2D eigenvalue weighted by atomic mass is 10.1. The third-order valence-corrected chi connectivity index (χ3v) is 4.71. The molecular formula is C24H19FN4O2. The Kier molecular flexibility index (Phi) is 5.57. The summed E-state index contributed by atoms with van der Waals surface area (Å²) in [5.74, 6) is -1.87. The first-order valence-corrected chi connectivity index (χ1v) is 9.58. The number of carbonyl (C=O) groups is 2. The molecule has 6 nitrogen and oxygen atoms in total. The van der Waals surface area contributed by atoms with Crippen molar-refractivity contribution < 1.29 is 14.0 Å².